The Morgan fingerprint density at radius 1 is 1.47 bits per heavy atom. The summed E-state index contributed by atoms with van der Waals surface area (Å²) in [6, 6.07) is 0. The first kappa shape index (κ1) is 12.1. The summed E-state index contributed by atoms with van der Waals surface area (Å²) in [4.78, 5) is 16.2. The highest BCUT2D eigenvalue weighted by atomic mass is 32.1. The zero-order valence-electron chi connectivity index (χ0n) is 9.52. The van der Waals surface area contributed by atoms with E-state index in [1.54, 1.807) is 18.3 Å². The van der Waals surface area contributed by atoms with Crippen LogP contribution >= 0.6 is 22.7 Å². The SMILES string of the molecule is CCOC(=O)c1c(-c2csc(C)n2)csc1N. The first-order chi connectivity index (χ1) is 8.13. The molecule has 0 bridgehead atoms. The van der Waals surface area contributed by atoms with Gasteiger partial charge in [0.25, 0.3) is 0 Å². The highest BCUT2D eigenvalue weighted by Gasteiger charge is 2.20. The summed E-state index contributed by atoms with van der Waals surface area (Å²) in [6.45, 7) is 4.03. The second-order valence-corrected chi connectivity index (χ2v) is 5.33. The van der Waals surface area contributed by atoms with Gasteiger partial charge in [-0.3, -0.25) is 0 Å². The summed E-state index contributed by atoms with van der Waals surface area (Å²) >= 11 is 2.87. The number of thiophene rings is 1. The number of aromatic nitrogens is 1. The summed E-state index contributed by atoms with van der Waals surface area (Å²) < 4.78 is 5.00. The van der Waals surface area contributed by atoms with Crippen molar-refractivity contribution in [3.8, 4) is 11.3 Å². The average Bonchev–Trinajstić information content (AvgIpc) is 2.85. The molecule has 6 heteroatoms. The smallest absolute Gasteiger partial charge is 0.341 e. The molecule has 0 fully saturated rings. The number of rotatable bonds is 3. The van der Waals surface area contributed by atoms with Gasteiger partial charge in [-0.2, -0.15) is 0 Å². The molecule has 2 aromatic heterocycles. The number of aryl methyl sites for hydroxylation is 1. The molecule has 0 unspecified atom stereocenters. The molecule has 0 atom stereocenters. The van der Waals surface area contributed by atoms with Crippen LogP contribution in [-0.2, 0) is 4.74 Å². The summed E-state index contributed by atoms with van der Waals surface area (Å²) in [6.07, 6.45) is 0. The predicted octanol–water partition coefficient (Wildman–Crippen LogP) is 2.94. The van der Waals surface area contributed by atoms with Gasteiger partial charge in [0.15, 0.2) is 0 Å². The third-order valence-corrected chi connectivity index (χ3v) is 3.78. The van der Waals surface area contributed by atoms with E-state index in [4.69, 9.17) is 10.5 Å². The number of ether oxygens (including phenoxy) is 1. The van der Waals surface area contributed by atoms with E-state index in [1.807, 2.05) is 17.7 Å². The lowest BCUT2D eigenvalue weighted by Crippen LogP contribution is -2.07. The van der Waals surface area contributed by atoms with E-state index in [0.29, 0.717) is 17.2 Å². The highest BCUT2D eigenvalue weighted by molar-refractivity contribution is 7.15. The van der Waals surface area contributed by atoms with Gasteiger partial charge < -0.3 is 10.5 Å². The van der Waals surface area contributed by atoms with Crippen molar-refractivity contribution in [1.82, 2.24) is 4.98 Å². The van der Waals surface area contributed by atoms with Crippen LogP contribution in [0.1, 0.15) is 22.3 Å². The van der Waals surface area contributed by atoms with Crippen molar-refractivity contribution in [3.05, 3.63) is 21.3 Å². The molecule has 0 aromatic carbocycles. The lowest BCUT2D eigenvalue weighted by Gasteiger charge is -2.03. The van der Waals surface area contributed by atoms with Gasteiger partial charge in [-0.15, -0.1) is 22.7 Å². The van der Waals surface area contributed by atoms with Crippen molar-refractivity contribution in [1.29, 1.82) is 0 Å². The third-order valence-electron chi connectivity index (χ3n) is 2.19. The first-order valence-electron chi connectivity index (χ1n) is 5.10. The lowest BCUT2D eigenvalue weighted by molar-refractivity contribution is 0.0529. The fraction of sp³-hybridized carbons (Fsp3) is 0.273. The number of esters is 1. The van der Waals surface area contributed by atoms with E-state index in [9.17, 15) is 4.79 Å². The molecule has 0 aliphatic rings. The second kappa shape index (κ2) is 4.85. The molecule has 0 saturated heterocycles. The third kappa shape index (κ3) is 2.32. The van der Waals surface area contributed by atoms with Gasteiger partial charge in [-0.05, 0) is 13.8 Å². The van der Waals surface area contributed by atoms with Crippen molar-refractivity contribution in [2.45, 2.75) is 13.8 Å². The molecule has 0 amide bonds. The zero-order chi connectivity index (χ0) is 12.4. The van der Waals surface area contributed by atoms with E-state index in [-0.39, 0.29) is 5.97 Å². The maximum atomic E-state index is 11.8. The fourth-order valence-electron chi connectivity index (χ4n) is 1.46. The molecular weight excluding hydrogens is 256 g/mol. The Morgan fingerprint density at radius 3 is 2.82 bits per heavy atom. The number of hydrogen-bond donors (Lipinski definition) is 1. The minimum atomic E-state index is -0.382. The Hall–Kier alpha value is -1.40. The van der Waals surface area contributed by atoms with Crippen molar-refractivity contribution in [2.75, 3.05) is 12.3 Å². The van der Waals surface area contributed by atoms with E-state index >= 15 is 0 Å². The number of carbonyl (C=O) groups excluding carboxylic acids is 1. The molecule has 2 N–H and O–H groups in total. The highest BCUT2D eigenvalue weighted by Crippen LogP contribution is 2.34. The standard InChI is InChI=1S/C11H12N2O2S2/c1-3-15-11(14)9-7(4-17-10(9)12)8-5-16-6(2)13-8/h4-5H,3,12H2,1-2H3. The fourth-order valence-corrected chi connectivity index (χ4v) is 2.87. The Morgan fingerprint density at radius 2 is 2.24 bits per heavy atom. The van der Waals surface area contributed by atoms with Crippen molar-refractivity contribution in [3.63, 3.8) is 0 Å². The predicted molar refractivity (Wildman–Crippen MR) is 70.5 cm³/mol. The Bertz CT molecular complexity index is 545. The first-order valence-corrected chi connectivity index (χ1v) is 6.86. The Kier molecular flexibility index (Phi) is 3.44. The van der Waals surface area contributed by atoms with Crippen LogP contribution in [-0.4, -0.2) is 17.6 Å². The monoisotopic (exact) mass is 268 g/mol. The molecule has 0 aliphatic carbocycles. The maximum Gasteiger partial charge on any atom is 0.341 e. The molecule has 2 rings (SSSR count). The summed E-state index contributed by atoms with van der Waals surface area (Å²) in [7, 11) is 0. The number of hydrogen-bond acceptors (Lipinski definition) is 6. The van der Waals surface area contributed by atoms with Gasteiger partial charge in [0.05, 0.1) is 17.3 Å². The van der Waals surface area contributed by atoms with Gasteiger partial charge in [0.1, 0.15) is 10.6 Å². The van der Waals surface area contributed by atoms with Crippen LogP contribution < -0.4 is 5.73 Å². The van der Waals surface area contributed by atoms with Crippen molar-refractivity contribution in [2.24, 2.45) is 0 Å². The van der Waals surface area contributed by atoms with Crippen molar-refractivity contribution >= 4 is 33.6 Å². The summed E-state index contributed by atoms with van der Waals surface area (Å²) in [5.74, 6) is -0.382. The molecule has 4 nitrogen and oxygen atoms in total. The zero-order valence-corrected chi connectivity index (χ0v) is 11.2. The van der Waals surface area contributed by atoms with Gasteiger partial charge in [0.2, 0.25) is 0 Å². The minimum Gasteiger partial charge on any atom is -0.462 e. The number of nitrogen functional groups attached to an aromatic ring is 1. The molecule has 0 spiro atoms. The number of thiazole rings is 1. The Balaban J connectivity index is 2.45. The lowest BCUT2D eigenvalue weighted by atomic mass is 10.1. The van der Waals surface area contributed by atoms with Crippen LogP contribution in [0.15, 0.2) is 10.8 Å². The molecule has 2 heterocycles. The number of anilines is 1. The second-order valence-electron chi connectivity index (χ2n) is 3.36. The number of carbonyl (C=O) groups is 1. The summed E-state index contributed by atoms with van der Waals surface area (Å²) in [5, 5.41) is 5.19. The molecular formula is C11H12N2O2S2. The summed E-state index contributed by atoms with van der Waals surface area (Å²) in [5.41, 5.74) is 7.78. The van der Waals surface area contributed by atoms with E-state index < -0.39 is 0 Å². The van der Waals surface area contributed by atoms with Crippen LogP contribution in [0, 0.1) is 6.92 Å². The molecule has 17 heavy (non-hydrogen) atoms. The van der Waals surface area contributed by atoms with Gasteiger partial charge in [0, 0.05) is 16.3 Å². The number of nitrogens with two attached hydrogens (primary N) is 1. The van der Waals surface area contributed by atoms with Gasteiger partial charge >= 0.3 is 5.97 Å². The van der Waals surface area contributed by atoms with Crippen molar-refractivity contribution < 1.29 is 9.53 Å². The van der Waals surface area contributed by atoms with Crippen LogP contribution in [0.5, 0.6) is 0 Å². The van der Waals surface area contributed by atoms with E-state index in [1.165, 1.54) is 11.3 Å². The number of nitrogens with zero attached hydrogens (tertiary/aromatic N) is 1. The van der Waals surface area contributed by atoms with E-state index in [0.717, 1.165) is 16.3 Å². The molecule has 0 radical (unpaired) electrons. The van der Waals surface area contributed by atoms with E-state index in [2.05, 4.69) is 4.98 Å². The average molecular weight is 268 g/mol. The Labute approximate surface area is 107 Å². The van der Waals surface area contributed by atoms with Crippen LogP contribution in [0.2, 0.25) is 0 Å². The molecule has 90 valence electrons. The quantitative estimate of drug-likeness (QED) is 0.869. The topological polar surface area (TPSA) is 65.2 Å². The van der Waals surface area contributed by atoms with Crippen LogP contribution in [0.25, 0.3) is 11.3 Å². The molecule has 0 aliphatic heterocycles. The van der Waals surface area contributed by atoms with Crippen LogP contribution in [0.4, 0.5) is 5.00 Å². The van der Waals surface area contributed by atoms with Gasteiger partial charge in [-0.25, -0.2) is 9.78 Å². The normalized spacial score (nSPS) is 10.5. The maximum absolute atomic E-state index is 11.8. The minimum absolute atomic E-state index is 0.337. The van der Waals surface area contributed by atoms with Crippen LogP contribution in [0.3, 0.4) is 0 Å². The molecule has 0 saturated carbocycles. The largest absolute Gasteiger partial charge is 0.462 e. The molecule has 2 aromatic rings. The van der Waals surface area contributed by atoms with Gasteiger partial charge in [-0.1, -0.05) is 0 Å².